The normalized spacial score (nSPS) is 10.3. The summed E-state index contributed by atoms with van der Waals surface area (Å²) in [6.45, 7) is 3.17. The van der Waals surface area contributed by atoms with Crippen LogP contribution in [0.4, 0.5) is 0 Å². The highest BCUT2D eigenvalue weighted by Gasteiger charge is 2.13. The summed E-state index contributed by atoms with van der Waals surface area (Å²) in [4.78, 5) is 33.3. The summed E-state index contributed by atoms with van der Waals surface area (Å²) in [5, 5.41) is 13.0. The van der Waals surface area contributed by atoms with E-state index in [0.29, 0.717) is 5.69 Å². The molecule has 0 aliphatic carbocycles. The van der Waals surface area contributed by atoms with Gasteiger partial charge in [0.2, 0.25) is 5.91 Å². The van der Waals surface area contributed by atoms with Crippen LogP contribution >= 0.6 is 0 Å². The number of aromatic nitrogens is 1. The molecule has 0 spiro atoms. The molecule has 1 heterocycles. The summed E-state index contributed by atoms with van der Waals surface area (Å²) in [7, 11) is 0. The van der Waals surface area contributed by atoms with Crippen LogP contribution in [-0.2, 0) is 9.59 Å². The summed E-state index contributed by atoms with van der Waals surface area (Å²) >= 11 is 0. The van der Waals surface area contributed by atoms with Gasteiger partial charge in [0.25, 0.3) is 5.91 Å². The molecule has 0 fully saturated rings. The summed E-state index contributed by atoms with van der Waals surface area (Å²) in [5.41, 5.74) is 0.459. The SMILES string of the molecule is CC(C)n1cccc1C(=O)NCC(=O)NCC(=O)O. The highest BCUT2D eigenvalue weighted by Crippen LogP contribution is 2.10. The molecule has 0 aliphatic heterocycles. The first kappa shape index (κ1) is 14.7. The van der Waals surface area contributed by atoms with Crippen LogP contribution in [0.5, 0.6) is 0 Å². The van der Waals surface area contributed by atoms with Crippen molar-refractivity contribution in [3.63, 3.8) is 0 Å². The van der Waals surface area contributed by atoms with Gasteiger partial charge in [0.05, 0.1) is 6.54 Å². The van der Waals surface area contributed by atoms with Crippen LogP contribution in [0.25, 0.3) is 0 Å². The fourth-order valence-electron chi connectivity index (χ4n) is 1.52. The second-order valence-electron chi connectivity index (χ2n) is 4.25. The second-order valence-corrected chi connectivity index (χ2v) is 4.25. The number of carbonyl (C=O) groups excluding carboxylic acids is 2. The lowest BCUT2D eigenvalue weighted by molar-refractivity contribution is -0.137. The Morgan fingerprint density at radius 1 is 1.26 bits per heavy atom. The molecule has 3 N–H and O–H groups in total. The molecule has 2 amide bonds. The third-order valence-corrected chi connectivity index (χ3v) is 2.41. The van der Waals surface area contributed by atoms with E-state index in [4.69, 9.17) is 5.11 Å². The Morgan fingerprint density at radius 3 is 2.53 bits per heavy atom. The minimum absolute atomic E-state index is 0.136. The minimum atomic E-state index is -1.13. The third-order valence-electron chi connectivity index (χ3n) is 2.41. The summed E-state index contributed by atoms with van der Waals surface area (Å²) in [6.07, 6.45) is 1.78. The number of rotatable bonds is 6. The van der Waals surface area contributed by atoms with Crippen LogP contribution in [0.15, 0.2) is 18.3 Å². The Bertz CT molecular complexity index is 479. The predicted molar refractivity (Wildman–Crippen MR) is 67.8 cm³/mol. The monoisotopic (exact) mass is 267 g/mol. The molecule has 7 heteroatoms. The molecule has 0 saturated heterocycles. The van der Waals surface area contributed by atoms with Crippen LogP contribution < -0.4 is 10.6 Å². The quantitative estimate of drug-likeness (QED) is 0.675. The van der Waals surface area contributed by atoms with Gasteiger partial charge in [-0.2, -0.15) is 0 Å². The number of carboxylic acid groups (broad SMARTS) is 1. The fourth-order valence-corrected chi connectivity index (χ4v) is 1.52. The van der Waals surface area contributed by atoms with Crippen molar-refractivity contribution in [1.82, 2.24) is 15.2 Å². The van der Waals surface area contributed by atoms with Gasteiger partial charge in [-0.3, -0.25) is 14.4 Å². The molecular weight excluding hydrogens is 250 g/mol. The number of nitrogens with zero attached hydrogens (tertiary/aromatic N) is 1. The molecule has 0 aromatic carbocycles. The van der Waals surface area contributed by atoms with Crippen molar-refractivity contribution in [1.29, 1.82) is 0 Å². The van der Waals surface area contributed by atoms with Gasteiger partial charge in [-0.05, 0) is 26.0 Å². The van der Waals surface area contributed by atoms with Crippen molar-refractivity contribution in [3.05, 3.63) is 24.0 Å². The number of hydrogen-bond acceptors (Lipinski definition) is 3. The fraction of sp³-hybridized carbons (Fsp3) is 0.417. The average Bonchev–Trinajstić information content (AvgIpc) is 2.82. The van der Waals surface area contributed by atoms with Crippen molar-refractivity contribution >= 4 is 17.8 Å². The van der Waals surface area contributed by atoms with E-state index in [1.807, 2.05) is 13.8 Å². The van der Waals surface area contributed by atoms with E-state index < -0.39 is 18.4 Å². The largest absolute Gasteiger partial charge is 0.480 e. The molecular formula is C12H17N3O4. The zero-order valence-electron chi connectivity index (χ0n) is 10.8. The van der Waals surface area contributed by atoms with Crippen LogP contribution in [0.2, 0.25) is 0 Å². The zero-order valence-corrected chi connectivity index (χ0v) is 10.8. The molecule has 1 aromatic rings. The topological polar surface area (TPSA) is 100 Å². The highest BCUT2D eigenvalue weighted by molar-refractivity contribution is 5.95. The molecule has 0 unspecified atom stereocenters. The van der Waals surface area contributed by atoms with Gasteiger partial charge >= 0.3 is 5.97 Å². The smallest absolute Gasteiger partial charge is 0.322 e. The van der Waals surface area contributed by atoms with Crippen molar-refractivity contribution < 1.29 is 19.5 Å². The van der Waals surface area contributed by atoms with E-state index in [-0.39, 0.29) is 18.5 Å². The molecule has 0 radical (unpaired) electrons. The lowest BCUT2D eigenvalue weighted by atomic mass is 10.3. The maximum Gasteiger partial charge on any atom is 0.322 e. The number of aliphatic carboxylic acids is 1. The van der Waals surface area contributed by atoms with Gasteiger partial charge < -0.3 is 20.3 Å². The summed E-state index contributed by atoms with van der Waals surface area (Å²) in [6, 6.07) is 3.54. The predicted octanol–water partition coefficient (Wildman–Crippen LogP) is -0.000400. The molecule has 1 aromatic heterocycles. The van der Waals surface area contributed by atoms with E-state index in [9.17, 15) is 14.4 Å². The van der Waals surface area contributed by atoms with Crippen LogP contribution in [0.3, 0.4) is 0 Å². The van der Waals surface area contributed by atoms with E-state index in [1.165, 1.54) is 0 Å². The Hall–Kier alpha value is -2.31. The van der Waals surface area contributed by atoms with Gasteiger partial charge in [-0.1, -0.05) is 0 Å². The Labute approximate surface area is 110 Å². The number of nitrogens with one attached hydrogen (secondary N) is 2. The average molecular weight is 267 g/mol. The first-order valence-electron chi connectivity index (χ1n) is 5.85. The molecule has 0 atom stereocenters. The van der Waals surface area contributed by atoms with E-state index >= 15 is 0 Å². The third kappa shape index (κ3) is 4.46. The molecule has 1 rings (SSSR count). The lowest BCUT2D eigenvalue weighted by Gasteiger charge is -2.12. The maximum absolute atomic E-state index is 11.8. The van der Waals surface area contributed by atoms with E-state index in [0.717, 1.165) is 0 Å². The van der Waals surface area contributed by atoms with Crippen molar-refractivity contribution in [2.75, 3.05) is 13.1 Å². The minimum Gasteiger partial charge on any atom is -0.480 e. The van der Waals surface area contributed by atoms with Crippen LogP contribution in [0, 0.1) is 0 Å². The standard InChI is InChI=1S/C12H17N3O4/c1-8(2)15-5-3-4-9(15)12(19)14-6-10(16)13-7-11(17)18/h3-5,8H,6-7H2,1-2H3,(H,13,16)(H,14,19)(H,17,18). The number of amides is 2. The van der Waals surface area contributed by atoms with Crippen molar-refractivity contribution in [2.24, 2.45) is 0 Å². The molecule has 0 saturated carbocycles. The van der Waals surface area contributed by atoms with Gasteiger partial charge in [0.1, 0.15) is 12.2 Å². The van der Waals surface area contributed by atoms with Gasteiger partial charge in [0, 0.05) is 12.2 Å². The van der Waals surface area contributed by atoms with Crippen LogP contribution in [-0.4, -0.2) is 40.5 Å². The number of hydrogen-bond donors (Lipinski definition) is 3. The summed E-state index contributed by atoms with van der Waals surface area (Å²) < 4.78 is 1.78. The van der Waals surface area contributed by atoms with Crippen LogP contribution in [0.1, 0.15) is 30.4 Å². The molecule has 0 bridgehead atoms. The number of carboxylic acids is 1. The van der Waals surface area contributed by atoms with Gasteiger partial charge in [0.15, 0.2) is 0 Å². The first-order valence-corrected chi connectivity index (χ1v) is 5.85. The maximum atomic E-state index is 11.8. The second kappa shape index (κ2) is 6.58. The van der Waals surface area contributed by atoms with Gasteiger partial charge in [-0.15, -0.1) is 0 Å². The van der Waals surface area contributed by atoms with E-state index in [1.54, 1.807) is 22.9 Å². The van der Waals surface area contributed by atoms with Crippen molar-refractivity contribution in [2.45, 2.75) is 19.9 Å². The van der Waals surface area contributed by atoms with E-state index in [2.05, 4.69) is 10.6 Å². The summed E-state index contributed by atoms with van der Waals surface area (Å²) in [5.74, 6) is -2.05. The first-order chi connectivity index (χ1) is 8.91. The lowest BCUT2D eigenvalue weighted by Crippen LogP contribution is -2.39. The Balaban J connectivity index is 2.49. The molecule has 0 aliphatic rings. The zero-order chi connectivity index (χ0) is 14.4. The van der Waals surface area contributed by atoms with Crippen molar-refractivity contribution in [3.8, 4) is 0 Å². The molecule has 7 nitrogen and oxygen atoms in total. The highest BCUT2D eigenvalue weighted by atomic mass is 16.4. The molecule has 104 valence electrons. The Morgan fingerprint density at radius 2 is 1.95 bits per heavy atom. The van der Waals surface area contributed by atoms with Gasteiger partial charge in [-0.25, -0.2) is 0 Å². The Kier molecular flexibility index (Phi) is 5.11. The molecule has 19 heavy (non-hydrogen) atoms. The number of carbonyl (C=O) groups is 3.